The van der Waals surface area contributed by atoms with Crippen molar-refractivity contribution in [2.75, 3.05) is 19.8 Å². The molecule has 64 heavy (non-hydrogen) atoms. The number of carboxylic acid groups (broad SMARTS) is 1. The zero-order valence-electron chi connectivity index (χ0n) is 40.6. The number of unbranched alkanes of at least 4 members (excludes halogenated alkanes) is 18. The van der Waals surface area contributed by atoms with Gasteiger partial charge in [0, 0.05) is 38.5 Å². The fourth-order valence-corrected chi connectivity index (χ4v) is 8.55. The normalized spacial score (nSPS) is 13.5. The molecule has 0 radical (unpaired) electrons. The molecular weight excluding hydrogens is 838 g/mol. The van der Waals surface area contributed by atoms with Crippen LogP contribution < -0.4 is 5.73 Å². The highest BCUT2D eigenvalue weighted by Crippen LogP contribution is 2.43. The van der Waals surface area contributed by atoms with Crippen LogP contribution in [0.1, 0.15) is 213 Å². The van der Waals surface area contributed by atoms with E-state index in [1.807, 2.05) is 0 Å². The molecule has 0 spiro atoms. The van der Waals surface area contributed by atoms with Crippen molar-refractivity contribution in [3.63, 3.8) is 0 Å². The first-order valence-electron chi connectivity index (χ1n) is 24.8. The highest BCUT2D eigenvalue weighted by molar-refractivity contribution is 7.47. The Morgan fingerprint density at radius 2 is 0.875 bits per heavy atom. The van der Waals surface area contributed by atoms with Crippen molar-refractivity contribution in [1.29, 1.82) is 0 Å². The first-order chi connectivity index (χ1) is 30.7. The van der Waals surface area contributed by atoms with Crippen molar-refractivity contribution in [3.8, 4) is 0 Å². The smallest absolute Gasteiger partial charge is 0.472 e. The van der Waals surface area contributed by atoms with Gasteiger partial charge in [0.2, 0.25) is 0 Å². The molecule has 13 nitrogen and oxygen atoms in total. The van der Waals surface area contributed by atoms with E-state index in [1.165, 1.54) is 98.0 Å². The van der Waals surface area contributed by atoms with Crippen LogP contribution in [0.15, 0.2) is 8.83 Å². The van der Waals surface area contributed by atoms with Crippen molar-refractivity contribution in [2.24, 2.45) is 5.73 Å². The van der Waals surface area contributed by atoms with Crippen LogP contribution in [0, 0.1) is 27.7 Å². The highest BCUT2D eigenvalue weighted by Gasteiger charge is 2.28. The molecule has 14 heteroatoms. The molecule has 0 amide bonds. The predicted octanol–water partition coefficient (Wildman–Crippen LogP) is 12.4. The Morgan fingerprint density at radius 1 is 0.531 bits per heavy atom. The number of carbonyl (C=O) groups excluding carboxylic acids is 2. The third-order valence-electron chi connectivity index (χ3n) is 12.3. The van der Waals surface area contributed by atoms with Gasteiger partial charge >= 0.3 is 25.7 Å². The van der Waals surface area contributed by atoms with Crippen LogP contribution >= 0.6 is 7.82 Å². The molecule has 2 aromatic heterocycles. The summed E-state index contributed by atoms with van der Waals surface area (Å²) in [5.41, 5.74) is 10.6. The number of furan rings is 2. The van der Waals surface area contributed by atoms with Gasteiger partial charge in [-0.1, -0.05) is 117 Å². The van der Waals surface area contributed by atoms with Crippen LogP contribution in [0.5, 0.6) is 0 Å². The maximum Gasteiger partial charge on any atom is 0.472 e. The summed E-state index contributed by atoms with van der Waals surface area (Å²) < 4.78 is 45.4. The number of nitrogens with two attached hydrogens (primary N) is 1. The predicted molar refractivity (Wildman–Crippen MR) is 252 cm³/mol. The summed E-state index contributed by atoms with van der Waals surface area (Å²) in [6, 6.07) is -1.53. The van der Waals surface area contributed by atoms with Crippen LogP contribution in [-0.4, -0.2) is 59.9 Å². The molecule has 0 aliphatic heterocycles. The molecule has 2 rings (SSSR count). The average molecular weight is 924 g/mol. The van der Waals surface area contributed by atoms with Gasteiger partial charge in [0.05, 0.1) is 13.2 Å². The van der Waals surface area contributed by atoms with Crippen LogP contribution in [0.4, 0.5) is 0 Å². The fraction of sp³-hybridized carbons (Fsp3) is 0.780. The first kappa shape index (κ1) is 57.2. The number of ether oxygens (including phenoxy) is 2. The second-order valence-corrected chi connectivity index (χ2v) is 19.2. The number of aliphatic carboxylic acids is 1. The minimum absolute atomic E-state index is 0.127. The van der Waals surface area contributed by atoms with E-state index in [-0.39, 0.29) is 19.4 Å². The molecule has 4 N–H and O–H groups in total. The van der Waals surface area contributed by atoms with E-state index in [4.69, 9.17) is 38.2 Å². The lowest BCUT2D eigenvalue weighted by Crippen LogP contribution is -2.34. The summed E-state index contributed by atoms with van der Waals surface area (Å²) in [5, 5.41) is 8.94. The van der Waals surface area contributed by atoms with Gasteiger partial charge in [0.25, 0.3) is 0 Å². The number of carbonyl (C=O) groups is 3. The van der Waals surface area contributed by atoms with E-state index < -0.39 is 51.1 Å². The summed E-state index contributed by atoms with van der Waals surface area (Å²) in [6.45, 7) is 11.4. The Balaban J connectivity index is 1.64. The minimum atomic E-state index is -4.74. The SMILES string of the molecule is CCCCCc1oc(CCCCCCCCCCCCC(=O)OCC(COP(=O)(O)OCC(N)C(=O)O)OC(=O)CCCCCCCCc2oc(CCCCC)c(C)c2C)c(C)c1C. The van der Waals surface area contributed by atoms with Gasteiger partial charge < -0.3 is 34.0 Å². The number of phosphoric acid groups is 1. The molecule has 0 aliphatic carbocycles. The van der Waals surface area contributed by atoms with Crippen LogP contribution in [-0.2, 0) is 63.2 Å². The summed E-state index contributed by atoms with van der Waals surface area (Å²) >= 11 is 0. The monoisotopic (exact) mass is 924 g/mol. The van der Waals surface area contributed by atoms with E-state index in [1.54, 1.807) is 0 Å². The third-order valence-corrected chi connectivity index (χ3v) is 13.2. The van der Waals surface area contributed by atoms with E-state index in [0.29, 0.717) is 12.8 Å². The van der Waals surface area contributed by atoms with Crippen molar-refractivity contribution in [3.05, 3.63) is 45.3 Å². The standard InChI is InChI=1S/C50H86NO12P/c1-7-9-23-29-44-38(3)40(5)46(62-44)31-25-19-15-13-11-12-14-16-21-27-33-48(52)58-35-42(36-59-64(56,57)60-37-43(51)50(54)55)61-49(53)34-28-22-18-17-20-26-32-47-41(6)39(4)45(63-47)30-24-10-8-2/h42-43H,7-37,51H2,1-6H3,(H,54,55)(H,56,57). The largest absolute Gasteiger partial charge is 0.480 e. The zero-order chi connectivity index (χ0) is 47.2. The molecule has 368 valence electrons. The number of phosphoric ester groups is 1. The molecule has 0 aliphatic rings. The number of esters is 2. The van der Waals surface area contributed by atoms with Crippen molar-refractivity contribution < 1.29 is 56.3 Å². The van der Waals surface area contributed by atoms with E-state index >= 15 is 0 Å². The van der Waals surface area contributed by atoms with Crippen molar-refractivity contribution in [1.82, 2.24) is 0 Å². The molecule has 0 aromatic carbocycles. The highest BCUT2D eigenvalue weighted by atomic mass is 31.2. The molecule has 3 atom stereocenters. The summed E-state index contributed by atoms with van der Waals surface area (Å²) in [5.74, 6) is 2.15. The number of hydrogen-bond donors (Lipinski definition) is 3. The summed E-state index contributed by atoms with van der Waals surface area (Å²) in [7, 11) is -4.74. The Labute approximate surface area is 385 Å². The van der Waals surface area contributed by atoms with Crippen LogP contribution in [0.2, 0.25) is 0 Å². The summed E-state index contributed by atoms with van der Waals surface area (Å²) in [6.07, 6.45) is 26.8. The fourth-order valence-electron chi connectivity index (χ4n) is 7.78. The molecular formula is C50H86NO12P. The van der Waals surface area contributed by atoms with Gasteiger partial charge in [-0.25, -0.2) is 4.57 Å². The van der Waals surface area contributed by atoms with Gasteiger partial charge in [-0.2, -0.15) is 0 Å². The number of rotatable bonds is 40. The second kappa shape index (κ2) is 33.5. The first-order valence-corrected chi connectivity index (χ1v) is 26.3. The Morgan fingerprint density at radius 3 is 1.27 bits per heavy atom. The number of aryl methyl sites for hydroxylation is 4. The van der Waals surface area contributed by atoms with Gasteiger partial charge in [-0.3, -0.25) is 23.4 Å². The van der Waals surface area contributed by atoms with Gasteiger partial charge in [-0.15, -0.1) is 0 Å². The molecule has 0 bridgehead atoms. The zero-order valence-corrected chi connectivity index (χ0v) is 41.5. The summed E-state index contributed by atoms with van der Waals surface area (Å²) in [4.78, 5) is 46.4. The van der Waals surface area contributed by atoms with E-state index in [9.17, 15) is 23.8 Å². The lowest BCUT2D eigenvalue weighted by Gasteiger charge is -2.20. The van der Waals surface area contributed by atoms with Crippen LogP contribution in [0.25, 0.3) is 0 Å². The van der Waals surface area contributed by atoms with Gasteiger partial charge in [-0.05, 0) is 88.5 Å². The van der Waals surface area contributed by atoms with Crippen molar-refractivity contribution in [2.45, 2.75) is 233 Å². The lowest BCUT2D eigenvalue weighted by molar-refractivity contribution is -0.161. The lowest BCUT2D eigenvalue weighted by atomic mass is 10.0. The van der Waals surface area contributed by atoms with Gasteiger partial charge in [0.1, 0.15) is 35.7 Å². The maximum absolute atomic E-state index is 12.8. The molecule has 0 saturated heterocycles. The molecule has 0 saturated carbocycles. The molecule has 0 fully saturated rings. The average Bonchev–Trinajstić information content (AvgIpc) is 3.69. The second-order valence-electron chi connectivity index (χ2n) is 17.8. The molecule has 3 unspecified atom stereocenters. The van der Waals surface area contributed by atoms with Gasteiger partial charge in [0.15, 0.2) is 6.10 Å². The minimum Gasteiger partial charge on any atom is -0.480 e. The Hall–Kier alpha value is -2.96. The number of hydrogen-bond acceptors (Lipinski definition) is 11. The quantitative estimate of drug-likeness (QED) is 0.0324. The third kappa shape index (κ3) is 24.5. The maximum atomic E-state index is 12.8. The Bertz CT molecular complexity index is 1650. The molecule has 2 heterocycles. The van der Waals surface area contributed by atoms with E-state index in [2.05, 4.69) is 41.5 Å². The van der Waals surface area contributed by atoms with E-state index in [0.717, 1.165) is 101 Å². The van der Waals surface area contributed by atoms with Crippen LogP contribution in [0.3, 0.4) is 0 Å². The molecule has 2 aromatic rings. The number of carboxylic acids is 1. The topological polar surface area (TPSA) is 198 Å². The Kier molecular flexibility index (Phi) is 29.9. The van der Waals surface area contributed by atoms with Crippen molar-refractivity contribution >= 4 is 25.7 Å².